The van der Waals surface area contributed by atoms with Crippen LogP contribution in [-0.4, -0.2) is 49.8 Å². The number of benzene rings is 1. The van der Waals surface area contributed by atoms with Crippen LogP contribution in [0, 0.1) is 5.92 Å². The first-order valence-electron chi connectivity index (χ1n) is 8.57. The number of likely N-dealkylation sites (tertiary alicyclic amines) is 1. The van der Waals surface area contributed by atoms with Crippen LogP contribution < -0.4 is 0 Å². The van der Waals surface area contributed by atoms with Gasteiger partial charge in [-0.1, -0.05) is 18.5 Å². The number of hydrogen-bond acceptors (Lipinski definition) is 3. The summed E-state index contributed by atoms with van der Waals surface area (Å²) in [6.45, 7) is 5.80. The minimum absolute atomic E-state index is 0.279. The van der Waals surface area contributed by atoms with Crippen molar-refractivity contribution >= 4 is 37.6 Å². The maximum absolute atomic E-state index is 12.8. The van der Waals surface area contributed by atoms with Crippen LogP contribution in [0.5, 0.6) is 0 Å². The van der Waals surface area contributed by atoms with Crippen molar-refractivity contribution in [1.82, 2.24) is 9.21 Å². The first-order valence-corrected chi connectivity index (χ1v) is 11.2. The summed E-state index contributed by atoms with van der Waals surface area (Å²) < 4.78 is 27.9. The molecule has 0 saturated carbocycles. The van der Waals surface area contributed by atoms with Gasteiger partial charge in [0.15, 0.2) is 0 Å². The molecule has 1 aromatic rings. The van der Waals surface area contributed by atoms with Gasteiger partial charge < -0.3 is 4.90 Å². The summed E-state index contributed by atoms with van der Waals surface area (Å²) in [4.78, 5) is 2.83. The Morgan fingerprint density at radius 1 is 1.08 bits per heavy atom. The van der Waals surface area contributed by atoms with E-state index in [1.807, 2.05) is 0 Å². The van der Waals surface area contributed by atoms with Crippen LogP contribution in [0.1, 0.15) is 32.6 Å². The van der Waals surface area contributed by atoms with E-state index < -0.39 is 10.0 Å². The molecule has 2 fully saturated rings. The van der Waals surface area contributed by atoms with Crippen LogP contribution in [0.2, 0.25) is 5.02 Å². The molecule has 24 heavy (non-hydrogen) atoms. The number of nitrogens with zero attached hydrogens (tertiary/aromatic N) is 2. The molecule has 0 unspecified atom stereocenters. The van der Waals surface area contributed by atoms with Crippen molar-refractivity contribution < 1.29 is 8.42 Å². The minimum Gasteiger partial charge on any atom is -0.300 e. The van der Waals surface area contributed by atoms with Crippen molar-refractivity contribution in [2.24, 2.45) is 5.92 Å². The average Bonchev–Trinajstić information content (AvgIpc) is 2.58. The highest BCUT2D eigenvalue weighted by Crippen LogP contribution is 2.29. The third-order valence-corrected chi connectivity index (χ3v) is 8.41. The third-order valence-electron chi connectivity index (χ3n) is 5.29. The summed E-state index contributed by atoms with van der Waals surface area (Å²) in [6.07, 6.45) is 4.35. The minimum atomic E-state index is -3.45. The molecule has 0 radical (unpaired) electrons. The van der Waals surface area contributed by atoms with Crippen molar-refractivity contribution in [3.05, 3.63) is 27.7 Å². The van der Waals surface area contributed by atoms with E-state index in [4.69, 9.17) is 11.6 Å². The van der Waals surface area contributed by atoms with Crippen LogP contribution in [0.3, 0.4) is 0 Å². The van der Waals surface area contributed by atoms with Crippen LogP contribution in [0.4, 0.5) is 0 Å². The van der Waals surface area contributed by atoms with Crippen molar-refractivity contribution in [2.75, 3.05) is 26.2 Å². The zero-order valence-electron chi connectivity index (χ0n) is 13.9. The number of sulfonamides is 1. The van der Waals surface area contributed by atoms with Crippen LogP contribution in [-0.2, 0) is 10.0 Å². The smallest absolute Gasteiger partial charge is 0.243 e. The van der Waals surface area contributed by atoms with E-state index in [2.05, 4.69) is 27.8 Å². The van der Waals surface area contributed by atoms with Crippen LogP contribution in [0.25, 0.3) is 0 Å². The third kappa shape index (κ3) is 3.98. The van der Waals surface area contributed by atoms with Crippen LogP contribution in [0.15, 0.2) is 27.6 Å². The van der Waals surface area contributed by atoms with Gasteiger partial charge in [0.1, 0.15) is 0 Å². The average molecular weight is 436 g/mol. The molecule has 2 aliphatic heterocycles. The molecule has 0 aromatic heterocycles. The second-order valence-electron chi connectivity index (χ2n) is 6.93. The van der Waals surface area contributed by atoms with E-state index in [0.717, 1.165) is 31.8 Å². The van der Waals surface area contributed by atoms with Gasteiger partial charge in [-0.3, -0.25) is 0 Å². The highest BCUT2D eigenvalue weighted by molar-refractivity contribution is 9.10. The molecular formula is C17H24BrClN2O2S. The molecular weight excluding hydrogens is 412 g/mol. The van der Waals surface area contributed by atoms with Gasteiger partial charge in [-0.2, -0.15) is 4.31 Å². The highest BCUT2D eigenvalue weighted by Gasteiger charge is 2.32. The fourth-order valence-electron chi connectivity index (χ4n) is 3.63. The zero-order valence-corrected chi connectivity index (χ0v) is 17.1. The summed E-state index contributed by atoms with van der Waals surface area (Å²) in [6, 6.07) is 5.36. The molecule has 0 amide bonds. The normalized spacial score (nSPS) is 22.8. The molecule has 0 N–H and O–H groups in total. The summed E-state index contributed by atoms with van der Waals surface area (Å²) in [5, 5.41) is 0.424. The molecule has 2 heterocycles. The lowest BCUT2D eigenvalue weighted by Crippen LogP contribution is -2.48. The molecule has 0 spiro atoms. The number of hydrogen-bond donors (Lipinski definition) is 0. The number of halogens is 2. The van der Waals surface area contributed by atoms with Crippen LogP contribution >= 0.6 is 27.5 Å². The highest BCUT2D eigenvalue weighted by atomic mass is 79.9. The van der Waals surface area contributed by atoms with Gasteiger partial charge in [0, 0.05) is 23.6 Å². The van der Waals surface area contributed by atoms with Gasteiger partial charge in [0.05, 0.1) is 9.92 Å². The molecule has 4 nitrogen and oxygen atoms in total. The Morgan fingerprint density at radius 2 is 1.71 bits per heavy atom. The van der Waals surface area contributed by atoms with Gasteiger partial charge in [0.25, 0.3) is 0 Å². The Labute approximate surface area is 158 Å². The fourth-order valence-corrected chi connectivity index (χ4v) is 5.62. The summed E-state index contributed by atoms with van der Waals surface area (Å²) in [5.41, 5.74) is 0. The molecule has 7 heteroatoms. The first-order chi connectivity index (χ1) is 11.4. The summed E-state index contributed by atoms with van der Waals surface area (Å²) in [5.74, 6) is 0.823. The maximum Gasteiger partial charge on any atom is 0.243 e. The van der Waals surface area contributed by atoms with Crippen molar-refractivity contribution in [1.29, 1.82) is 0 Å². The quantitative estimate of drug-likeness (QED) is 0.721. The topological polar surface area (TPSA) is 40.6 Å². The van der Waals surface area contributed by atoms with Crippen molar-refractivity contribution in [2.45, 2.75) is 43.5 Å². The number of rotatable bonds is 3. The Morgan fingerprint density at radius 3 is 2.29 bits per heavy atom. The Balaban J connectivity index is 1.64. The Bertz CT molecular complexity index is 682. The van der Waals surface area contributed by atoms with Gasteiger partial charge in [-0.15, -0.1) is 0 Å². The van der Waals surface area contributed by atoms with Crippen molar-refractivity contribution in [3.63, 3.8) is 0 Å². The molecule has 0 atom stereocenters. The molecule has 134 valence electrons. The predicted octanol–water partition coefficient (Wildman–Crippen LogP) is 3.99. The Hall–Kier alpha value is -0.140. The lowest BCUT2D eigenvalue weighted by Gasteiger charge is -2.41. The van der Waals surface area contributed by atoms with E-state index in [1.54, 1.807) is 16.4 Å². The molecule has 2 aliphatic rings. The fraction of sp³-hybridized carbons (Fsp3) is 0.647. The molecule has 3 rings (SSSR count). The van der Waals surface area contributed by atoms with Gasteiger partial charge >= 0.3 is 0 Å². The van der Waals surface area contributed by atoms with E-state index in [0.29, 0.717) is 28.6 Å². The van der Waals surface area contributed by atoms with Gasteiger partial charge in [0.2, 0.25) is 10.0 Å². The van der Waals surface area contributed by atoms with Gasteiger partial charge in [-0.05, 0) is 78.8 Å². The zero-order chi connectivity index (χ0) is 17.3. The second-order valence-corrected chi connectivity index (χ2v) is 10.1. The van der Waals surface area contributed by atoms with Crippen molar-refractivity contribution in [3.8, 4) is 0 Å². The van der Waals surface area contributed by atoms with E-state index >= 15 is 0 Å². The monoisotopic (exact) mass is 434 g/mol. The predicted molar refractivity (Wildman–Crippen MR) is 101 cm³/mol. The first kappa shape index (κ1) is 18.6. The lowest BCUT2D eigenvalue weighted by molar-refractivity contribution is 0.101. The molecule has 0 aliphatic carbocycles. The van der Waals surface area contributed by atoms with E-state index in [9.17, 15) is 8.42 Å². The lowest BCUT2D eigenvalue weighted by atomic mass is 9.95. The summed E-state index contributed by atoms with van der Waals surface area (Å²) >= 11 is 9.36. The Kier molecular flexibility index (Phi) is 5.92. The SMILES string of the molecule is CC1CCN(C2CCN(S(=O)(=O)c3ccc(Br)c(Cl)c3)CC2)CC1. The summed E-state index contributed by atoms with van der Waals surface area (Å²) in [7, 11) is -3.45. The largest absolute Gasteiger partial charge is 0.300 e. The molecule has 2 saturated heterocycles. The maximum atomic E-state index is 12.8. The van der Waals surface area contributed by atoms with E-state index in [-0.39, 0.29) is 4.90 Å². The second kappa shape index (κ2) is 7.62. The standard InChI is InChI=1S/C17H24BrClN2O2S/c1-13-4-8-20(9-5-13)14-6-10-21(11-7-14)24(22,23)15-2-3-16(18)17(19)12-15/h2-3,12-14H,4-11H2,1H3. The van der Waals surface area contributed by atoms with Gasteiger partial charge in [-0.25, -0.2) is 8.42 Å². The molecule has 0 bridgehead atoms. The molecule has 1 aromatic carbocycles. The number of piperidine rings is 2. The van der Waals surface area contributed by atoms with E-state index in [1.165, 1.54) is 18.9 Å².